The van der Waals surface area contributed by atoms with Crippen molar-refractivity contribution in [2.24, 2.45) is 0 Å². The van der Waals surface area contributed by atoms with Gasteiger partial charge >= 0.3 is 0 Å². The minimum atomic E-state index is 0.389. The van der Waals surface area contributed by atoms with Crippen LogP contribution in [0.1, 0.15) is 6.92 Å². The number of ether oxygens (including phenoxy) is 1. The lowest BCUT2D eigenvalue weighted by molar-refractivity contribution is -0.0177. The van der Waals surface area contributed by atoms with Gasteiger partial charge in [0.15, 0.2) is 0 Å². The summed E-state index contributed by atoms with van der Waals surface area (Å²) in [5.74, 6) is 2.42. The van der Waals surface area contributed by atoms with E-state index in [1.54, 1.807) is 0 Å². The molecule has 0 aromatic heterocycles. The monoisotopic (exact) mass is 218 g/mol. The molecule has 0 saturated carbocycles. The molecule has 0 aromatic carbocycles. The number of hydrogen-bond donors (Lipinski definition) is 1. The Labute approximate surface area is 91.6 Å². The topological polar surface area (TPSA) is 24.5 Å². The van der Waals surface area contributed by atoms with Crippen LogP contribution in [0.4, 0.5) is 0 Å². The number of rotatable bonds is 6. The highest BCUT2D eigenvalue weighted by Crippen LogP contribution is 2.01. The summed E-state index contributed by atoms with van der Waals surface area (Å²) in [6, 6.07) is 0. The summed E-state index contributed by atoms with van der Waals surface area (Å²) in [6.07, 6.45) is 0.389. The Morgan fingerprint density at radius 1 is 1.57 bits per heavy atom. The average molecular weight is 218 g/mol. The molecule has 1 saturated heterocycles. The summed E-state index contributed by atoms with van der Waals surface area (Å²) in [5.41, 5.74) is 0. The summed E-state index contributed by atoms with van der Waals surface area (Å²) >= 11 is 1.98. The maximum atomic E-state index is 5.64. The fourth-order valence-corrected chi connectivity index (χ4v) is 2.12. The van der Waals surface area contributed by atoms with Crippen molar-refractivity contribution in [1.29, 1.82) is 0 Å². The van der Waals surface area contributed by atoms with E-state index in [1.807, 2.05) is 11.8 Å². The molecule has 3 nitrogen and oxygen atoms in total. The molecule has 4 heteroatoms. The molecule has 1 heterocycles. The summed E-state index contributed by atoms with van der Waals surface area (Å²) in [5, 5.41) is 3.44. The fraction of sp³-hybridized carbons (Fsp3) is 1.00. The minimum absolute atomic E-state index is 0.389. The Morgan fingerprint density at radius 3 is 3.14 bits per heavy atom. The van der Waals surface area contributed by atoms with Crippen LogP contribution in [-0.4, -0.2) is 62.3 Å². The second-order valence-electron chi connectivity index (χ2n) is 3.66. The molecular weight excluding hydrogens is 196 g/mol. The molecule has 1 fully saturated rings. The highest BCUT2D eigenvalue weighted by Gasteiger charge is 2.16. The Bertz CT molecular complexity index is 146. The van der Waals surface area contributed by atoms with Crippen LogP contribution in [-0.2, 0) is 4.74 Å². The van der Waals surface area contributed by atoms with Crippen LogP contribution >= 0.6 is 11.8 Å². The van der Waals surface area contributed by atoms with E-state index in [0.29, 0.717) is 6.10 Å². The summed E-state index contributed by atoms with van der Waals surface area (Å²) in [7, 11) is 2.16. The number of hydrogen-bond acceptors (Lipinski definition) is 4. The lowest BCUT2D eigenvalue weighted by Crippen LogP contribution is -2.45. The van der Waals surface area contributed by atoms with Crippen molar-refractivity contribution in [2.45, 2.75) is 13.0 Å². The minimum Gasteiger partial charge on any atom is -0.374 e. The molecule has 0 aliphatic carbocycles. The molecule has 84 valence electrons. The van der Waals surface area contributed by atoms with E-state index in [2.05, 4.69) is 24.2 Å². The highest BCUT2D eigenvalue weighted by atomic mass is 32.2. The molecule has 14 heavy (non-hydrogen) atoms. The molecule has 1 unspecified atom stereocenters. The number of thioether (sulfide) groups is 1. The number of nitrogens with one attached hydrogen (secondary N) is 1. The maximum absolute atomic E-state index is 5.64. The Kier molecular flexibility index (Phi) is 6.60. The second kappa shape index (κ2) is 7.51. The van der Waals surface area contributed by atoms with Gasteiger partial charge in [0.05, 0.1) is 12.7 Å². The third-order valence-corrected chi connectivity index (χ3v) is 3.24. The lowest BCUT2D eigenvalue weighted by atomic mass is 10.3. The van der Waals surface area contributed by atoms with Crippen molar-refractivity contribution in [3.8, 4) is 0 Å². The normalized spacial score (nSPS) is 24.0. The van der Waals surface area contributed by atoms with Gasteiger partial charge in [-0.2, -0.15) is 11.8 Å². The van der Waals surface area contributed by atoms with E-state index in [0.717, 1.165) is 32.8 Å². The molecule has 1 rings (SSSR count). The van der Waals surface area contributed by atoms with E-state index in [9.17, 15) is 0 Å². The lowest BCUT2D eigenvalue weighted by Gasteiger charge is -2.30. The van der Waals surface area contributed by atoms with Crippen LogP contribution in [0, 0.1) is 0 Å². The zero-order chi connectivity index (χ0) is 10.2. The van der Waals surface area contributed by atoms with Crippen LogP contribution in [0.15, 0.2) is 0 Å². The summed E-state index contributed by atoms with van der Waals surface area (Å²) in [4.78, 5) is 2.33. The van der Waals surface area contributed by atoms with Gasteiger partial charge in [-0.1, -0.05) is 6.92 Å². The van der Waals surface area contributed by atoms with Crippen molar-refractivity contribution in [2.75, 3.05) is 51.3 Å². The molecule has 0 radical (unpaired) electrons. The Balaban J connectivity index is 1.95. The molecular formula is C10H22N2OS. The standard InChI is InChI=1S/C10H22N2OS/c1-3-14-7-4-11-8-10-9-12(2)5-6-13-10/h10-11H,3-9H2,1-2H3. The zero-order valence-electron chi connectivity index (χ0n) is 9.29. The molecule has 1 aliphatic heterocycles. The van der Waals surface area contributed by atoms with Gasteiger partial charge in [-0.05, 0) is 12.8 Å². The first-order valence-corrected chi connectivity index (χ1v) is 6.57. The van der Waals surface area contributed by atoms with Gasteiger partial charge in [0.25, 0.3) is 0 Å². The van der Waals surface area contributed by atoms with E-state index in [4.69, 9.17) is 4.74 Å². The van der Waals surface area contributed by atoms with Crippen molar-refractivity contribution in [3.63, 3.8) is 0 Å². The van der Waals surface area contributed by atoms with Gasteiger partial charge in [-0.25, -0.2) is 0 Å². The predicted octanol–water partition coefficient (Wildman–Crippen LogP) is 0.660. The molecule has 1 aliphatic rings. The zero-order valence-corrected chi connectivity index (χ0v) is 10.1. The third kappa shape index (κ3) is 5.20. The van der Waals surface area contributed by atoms with Gasteiger partial charge in [-0.15, -0.1) is 0 Å². The molecule has 0 bridgehead atoms. The molecule has 1 N–H and O–H groups in total. The largest absolute Gasteiger partial charge is 0.374 e. The van der Waals surface area contributed by atoms with E-state index < -0.39 is 0 Å². The highest BCUT2D eigenvalue weighted by molar-refractivity contribution is 7.99. The maximum Gasteiger partial charge on any atom is 0.0826 e. The number of nitrogens with zero attached hydrogens (tertiary/aromatic N) is 1. The van der Waals surface area contributed by atoms with Gasteiger partial charge in [0.2, 0.25) is 0 Å². The first-order valence-electron chi connectivity index (χ1n) is 5.41. The van der Waals surface area contributed by atoms with Crippen LogP contribution < -0.4 is 5.32 Å². The average Bonchev–Trinajstić information content (AvgIpc) is 2.18. The first kappa shape index (κ1) is 12.3. The Hall–Kier alpha value is 0.230. The first-order chi connectivity index (χ1) is 6.83. The quantitative estimate of drug-likeness (QED) is 0.662. The molecule has 0 spiro atoms. The van der Waals surface area contributed by atoms with Crippen molar-refractivity contribution in [1.82, 2.24) is 10.2 Å². The molecule has 1 atom stereocenters. The Morgan fingerprint density at radius 2 is 2.43 bits per heavy atom. The van der Waals surface area contributed by atoms with Crippen LogP contribution in [0.5, 0.6) is 0 Å². The van der Waals surface area contributed by atoms with Gasteiger partial charge in [-0.3, -0.25) is 0 Å². The predicted molar refractivity (Wildman–Crippen MR) is 63.1 cm³/mol. The van der Waals surface area contributed by atoms with E-state index >= 15 is 0 Å². The third-order valence-electron chi connectivity index (χ3n) is 2.34. The van der Waals surface area contributed by atoms with Crippen LogP contribution in [0.3, 0.4) is 0 Å². The molecule has 0 amide bonds. The van der Waals surface area contributed by atoms with Crippen LogP contribution in [0.25, 0.3) is 0 Å². The number of morpholine rings is 1. The molecule has 0 aromatic rings. The van der Waals surface area contributed by atoms with Gasteiger partial charge in [0, 0.05) is 31.9 Å². The van der Waals surface area contributed by atoms with Crippen molar-refractivity contribution >= 4 is 11.8 Å². The van der Waals surface area contributed by atoms with E-state index in [-0.39, 0.29) is 0 Å². The van der Waals surface area contributed by atoms with E-state index in [1.165, 1.54) is 11.5 Å². The van der Waals surface area contributed by atoms with Crippen LogP contribution in [0.2, 0.25) is 0 Å². The summed E-state index contributed by atoms with van der Waals surface area (Å²) in [6.45, 7) is 7.31. The van der Waals surface area contributed by atoms with Gasteiger partial charge in [0.1, 0.15) is 0 Å². The van der Waals surface area contributed by atoms with Crippen molar-refractivity contribution in [3.05, 3.63) is 0 Å². The second-order valence-corrected chi connectivity index (χ2v) is 5.05. The summed E-state index contributed by atoms with van der Waals surface area (Å²) < 4.78 is 5.64. The fourth-order valence-electron chi connectivity index (χ4n) is 1.54. The van der Waals surface area contributed by atoms with Crippen molar-refractivity contribution < 1.29 is 4.74 Å². The SMILES string of the molecule is CCSCCNCC1CN(C)CCO1. The number of likely N-dealkylation sites (N-methyl/N-ethyl adjacent to an activating group) is 1. The van der Waals surface area contributed by atoms with Gasteiger partial charge < -0.3 is 15.0 Å². The smallest absolute Gasteiger partial charge is 0.0826 e.